The van der Waals surface area contributed by atoms with Crippen LogP contribution in [0.1, 0.15) is 31.4 Å². The molecule has 4 nitrogen and oxygen atoms in total. The molecule has 1 aromatic heterocycles. The number of aromatic nitrogens is 1. The maximum Gasteiger partial charge on any atom is 0.225 e. The molecule has 0 bridgehead atoms. The minimum atomic E-state index is -0.385. The van der Waals surface area contributed by atoms with Gasteiger partial charge in [0.1, 0.15) is 6.26 Å². The molecule has 1 unspecified atom stereocenters. The lowest BCUT2D eigenvalue weighted by atomic mass is 9.94. The second-order valence-electron chi connectivity index (χ2n) is 7.44. The topological polar surface area (TPSA) is 69.1 Å². The van der Waals surface area contributed by atoms with Crippen molar-refractivity contribution in [3.8, 4) is 22.6 Å². The van der Waals surface area contributed by atoms with Gasteiger partial charge in [-0.25, -0.2) is 4.98 Å². The zero-order chi connectivity index (χ0) is 19.4. The Morgan fingerprint density at radius 3 is 2.44 bits per heavy atom. The van der Waals surface area contributed by atoms with E-state index < -0.39 is 0 Å². The van der Waals surface area contributed by atoms with Crippen LogP contribution in [0.4, 0.5) is 0 Å². The van der Waals surface area contributed by atoms with Crippen LogP contribution in [-0.4, -0.2) is 16.8 Å². The molecule has 0 aliphatic carbocycles. The fourth-order valence-corrected chi connectivity index (χ4v) is 3.21. The smallest absolute Gasteiger partial charge is 0.225 e. The minimum Gasteiger partial charge on any atom is -0.445 e. The molecule has 0 aliphatic heterocycles. The van der Waals surface area contributed by atoms with E-state index in [-0.39, 0.29) is 11.8 Å². The lowest BCUT2D eigenvalue weighted by Crippen LogP contribution is -2.33. The predicted molar refractivity (Wildman–Crippen MR) is 108 cm³/mol. The van der Waals surface area contributed by atoms with Crippen molar-refractivity contribution in [2.45, 2.75) is 39.7 Å². The molecule has 2 aromatic carbocycles. The lowest BCUT2D eigenvalue weighted by Gasteiger charge is -2.13. The van der Waals surface area contributed by atoms with Gasteiger partial charge in [-0.2, -0.15) is 0 Å². The van der Waals surface area contributed by atoms with Crippen molar-refractivity contribution in [1.29, 1.82) is 0 Å². The predicted octanol–water partition coefficient (Wildman–Crippen LogP) is 4.80. The Balaban J connectivity index is 1.78. The average Bonchev–Trinajstić information content (AvgIpc) is 3.17. The van der Waals surface area contributed by atoms with Crippen molar-refractivity contribution in [2.75, 3.05) is 0 Å². The van der Waals surface area contributed by atoms with E-state index in [1.54, 1.807) is 12.5 Å². The number of hydrogen-bond acceptors (Lipinski definition) is 4. The lowest BCUT2D eigenvalue weighted by molar-refractivity contribution is -0.120. The first-order valence-electron chi connectivity index (χ1n) is 9.32. The minimum absolute atomic E-state index is 0.0959. The number of ketones is 1. The Morgan fingerprint density at radius 1 is 1.11 bits per heavy atom. The van der Waals surface area contributed by atoms with Gasteiger partial charge < -0.3 is 10.2 Å². The maximum absolute atomic E-state index is 12.3. The van der Waals surface area contributed by atoms with Crippen molar-refractivity contribution in [3.63, 3.8) is 0 Å². The number of rotatable bonds is 7. The Kier molecular flexibility index (Phi) is 5.87. The summed E-state index contributed by atoms with van der Waals surface area (Å²) in [6, 6.07) is 13.9. The first-order valence-corrected chi connectivity index (χ1v) is 9.32. The average molecular weight is 362 g/mol. The highest BCUT2D eigenvalue weighted by Gasteiger charge is 2.15. The van der Waals surface area contributed by atoms with Gasteiger partial charge in [0.25, 0.3) is 0 Å². The normalized spacial score (nSPS) is 12.3. The van der Waals surface area contributed by atoms with Gasteiger partial charge in [0.2, 0.25) is 5.89 Å². The summed E-state index contributed by atoms with van der Waals surface area (Å²) in [6.07, 6.45) is 4.32. The first-order chi connectivity index (χ1) is 12.9. The standard InChI is InChI=1S/C23H26N2O2/c1-15(2)12-21(24)22(26)13-17-5-8-18(9-6-17)20-14-19(7-4-16(20)3)23-25-10-11-27-23/h4-11,14-15,21H,12-13,24H2,1-3H3. The van der Waals surface area contributed by atoms with E-state index in [0.29, 0.717) is 18.2 Å². The highest BCUT2D eigenvalue weighted by Crippen LogP contribution is 2.29. The van der Waals surface area contributed by atoms with Gasteiger partial charge in [0.05, 0.1) is 12.2 Å². The second kappa shape index (κ2) is 8.31. The molecule has 0 spiro atoms. The highest BCUT2D eigenvalue weighted by atomic mass is 16.3. The third-order valence-corrected chi connectivity index (χ3v) is 4.70. The summed E-state index contributed by atoms with van der Waals surface area (Å²) in [7, 11) is 0. The Hall–Kier alpha value is -2.72. The van der Waals surface area contributed by atoms with Gasteiger partial charge in [-0.05, 0) is 53.6 Å². The molecule has 0 aliphatic rings. The maximum atomic E-state index is 12.3. The fraction of sp³-hybridized carbons (Fsp3) is 0.304. The Bertz CT molecular complexity index is 897. The van der Waals surface area contributed by atoms with Gasteiger partial charge in [0, 0.05) is 12.0 Å². The molecule has 3 aromatic rings. The van der Waals surface area contributed by atoms with Crippen molar-refractivity contribution < 1.29 is 9.21 Å². The zero-order valence-corrected chi connectivity index (χ0v) is 16.1. The molecular formula is C23H26N2O2. The Morgan fingerprint density at radius 2 is 1.81 bits per heavy atom. The molecule has 0 saturated carbocycles. The zero-order valence-electron chi connectivity index (χ0n) is 16.1. The van der Waals surface area contributed by atoms with Gasteiger partial charge in [-0.15, -0.1) is 0 Å². The van der Waals surface area contributed by atoms with Gasteiger partial charge >= 0.3 is 0 Å². The first kappa shape index (κ1) is 19.1. The van der Waals surface area contributed by atoms with Crippen molar-refractivity contribution >= 4 is 5.78 Å². The SMILES string of the molecule is Cc1ccc(-c2ncco2)cc1-c1ccc(CC(=O)C(N)CC(C)C)cc1. The summed E-state index contributed by atoms with van der Waals surface area (Å²) in [4.78, 5) is 16.5. The Labute approximate surface area is 160 Å². The monoisotopic (exact) mass is 362 g/mol. The molecule has 1 atom stereocenters. The fourth-order valence-electron chi connectivity index (χ4n) is 3.21. The van der Waals surface area contributed by atoms with Crippen LogP contribution in [0.25, 0.3) is 22.6 Å². The molecule has 0 saturated heterocycles. The molecule has 140 valence electrons. The molecule has 0 amide bonds. The molecule has 27 heavy (non-hydrogen) atoms. The quantitative estimate of drug-likeness (QED) is 0.655. The van der Waals surface area contributed by atoms with Gasteiger partial charge in [0.15, 0.2) is 5.78 Å². The van der Waals surface area contributed by atoms with E-state index in [2.05, 4.69) is 50.0 Å². The molecule has 4 heteroatoms. The van der Waals surface area contributed by atoms with E-state index in [1.165, 1.54) is 5.56 Å². The van der Waals surface area contributed by atoms with E-state index in [0.717, 1.165) is 28.7 Å². The van der Waals surface area contributed by atoms with Crippen LogP contribution in [0.15, 0.2) is 59.3 Å². The second-order valence-corrected chi connectivity index (χ2v) is 7.44. The van der Waals surface area contributed by atoms with Crippen LogP contribution in [0.2, 0.25) is 0 Å². The molecule has 3 rings (SSSR count). The number of benzene rings is 2. The van der Waals surface area contributed by atoms with Gasteiger partial charge in [-0.1, -0.05) is 44.2 Å². The summed E-state index contributed by atoms with van der Waals surface area (Å²) in [5, 5.41) is 0. The van der Waals surface area contributed by atoms with Crippen LogP contribution in [0, 0.1) is 12.8 Å². The van der Waals surface area contributed by atoms with Crippen LogP contribution in [-0.2, 0) is 11.2 Å². The molecule has 1 heterocycles. The van der Waals surface area contributed by atoms with Gasteiger partial charge in [-0.3, -0.25) is 4.79 Å². The van der Waals surface area contributed by atoms with Crippen molar-refractivity contribution in [1.82, 2.24) is 4.98 Å². The number of nitrogens with zero attached hydrogens (tertiary/aromatic N) is 1. The highest BCUT2D eigenvalue weighted by molar-refractivity contribution is 5.86. The summed E-state index contributed by atoms with van der Waals surface area (Å²) in [5.74, 6) is 1.13. The van der Waals surface area contributed by atoms with Crippen molar-refractivity contribution in [2.24, 2.45) is 11.7 Å². The van der Waals surface area contributed by atoms with E-state index in [1.807, 2.05) is 18.2 Å². The van der Waals surface area contributed by atoms with Crippen LogP contribution < -0.4 is 5.73 Å². The third kappa shape index (κ3) is 4.72. The third-order valence-electron chi connectivity index (χ3n) is 4.70. The summed E-state index contributed by atoms with van der Waals surface area (Å²) in [6.45, 7) is 6.24. The van der Waals surface area contributed by atoms with E-state index in [4.69, 9.17) is 10.2 Å². The van der Waals surface area contributed by atoms with Crippen LogP contribution in [0.3, 0.4) is 0 Å². The number of carbonyl (C=O) groups is 1. The largest absolute Gasteiger partial charge is 0.445 e. The molecular weight excluding hydrogens is 336 g/mol. The molecule has 0 radical (unpaired) electrons. The summed E-state index contributed by atoms with van der Waals surface area (Å²) in [5.41, 5.74) is 11.3. The number of Topliss-reactive ketones (excluding diaryl/α,β-unsaturated/α-hetero) is 1. The summed E-state index contributed by atoms with van der Waals surface area (Å²) < 4.78 is 5.40. The molecule has 2 N–H and O–H groups in total. The van der Waals surface area contributed by atoms with E-state index in [9.17, 15) is 4.79 Å². The number of oxazole rings is 1. The number of hydrogen-bond donors (Lipinski definition) is 1. The molecule has 0 fully saturated rings. The van der Waals surface area contributed by atoms with Crippen molar-refractivity contribution in [3.05, 3.63) is 66.1 Å². The van der Waals surface area contributed by atoms with Crippen LogP contribution >= 0.6 is 0 Å². The number of aryl methyl sites for hydroxylation is 1. The van der Waals surface area contributed by atoms with Crippen LogP contribution in [0.5, 0.6) is 0 Å². The number of nitrogens with two attached hydrogens (primary N) is 1. The summed E-state index contributed by atoms with van der Waals surface area (Å²) >= 11 is 0. The number of carbonyl (C=O) groups excluding carboxylic acids is 1. The van der Waals surface area contributed by atoms with E-state index >= 15 is 0 Å².